The van der Waals surface area contributed by atoms with Crippen molar-refractivity contribution in [1.82, 2.24) is 10.0 Å². The van der Waals surface area contributed by atoms with E-state index in [9.17, 15) is 8.42 Å². The first kappa shape index (κ1) is 14.0. The van der Waals surface area contributed by atoms with Gasteiger partial charge in [0.05, 0.1) is 0 Å². The smallest absolute Gasteiger partial charge is 0.250 e. The number of hydrogen-bond donors (Lipinski definition) is 2. The number of hydrogen-bond acceptors (Lipinski definition) is 4. The Morgan fingerprint density at radius 3 is 2.72 bits per heavy atom. The Labute approximate surface area is 113 Å². The van der Waals surface area contributed by atoms with E-state index >= 15 is 0 Å². The molecule has 2 N–H and O–H groups in total. The molecule has 0 saturated heterocycles. The van der Waals surface area contributed by atoms with Crippen molar-refractivity contribution in [2.75, 3.05) is 6.54 Å². The van der Waals surface area contributed by atoms with Crippen molar-refractivity contribution >= 4 is 21.4 Å². The molecule has 0 amide bonds. The van der Waals surface area contributed by atoms with Crippen LogP contribution in [0.5, 0.6) is 0 Å². The summed E-state index contributed by atoms with van der Waals surface area (Å²) in [7, 11) is -3.29. The molecule has 0 unspecified atom stereocenters. The lowest BCUT2D eigenvalue weighted by Crippen LogP contribution is -2.25. The van der Waals surface area contributed by atoms with Crippen molar-refractivity contribution in [3.8, 4) is 0 Å². The van der Waals surface area contributed by atoms with Crippen LogP contribution in [0.2, 0.25) is 0 Å². The Bertz CT molecular complexity index is 490. The van der Waals surface area contributed by atoms with Crippen LogP contribution in [-0.2, 0) is 16.6 Å². The van der Waals surface area contributed by atoms with Gasteiger partial charge in [0, 0.05) is 24.0 Å². The van der Waals surface area contributed by atoms with Crippen LogP contribution in [0.15, 0.2) is 16.3 Å². The third kappa shape index (κ3) is 4.05. The van der Waals surface area contributed by atoms with E-state index < -0.39 is 10.0 Å². The summed E-state index contributed by atoms with van der Waals surface area (Å²) in [6, 6.07) is 3.98. The normalized spacial score (nSPS) is 16.4. The third-order valence-corrected chi connectivity index (χ3v) is 5.85. The van der Waals surface area contributed by atoms with Crippen LogP contribution in [0.4, 0.5) is 0 Å². The molecule has 1 aromatic rings. The van der Waals surface area contributed by atoms with Crippen LogP contribution in [0.25, 0.3) is 0 Å². The Balaban J connectivity index is 1.94. The van der Waals surface area contributed by atoms with Gasteiger partial charge in [-0.05, 0) is 30.9 Å². The minimum absolute atomic E-state index is 0.403. The zero-order chi connectivity index (χ0) is 13.2. The topological polar surface area (TPSA) is 58.2 Å². The van der Waals surface area contributed by atoms with Gasteiger partial charge in [0.1, 0.15) is 4.21 Å². The largest absolute Gasteiger partial charge is 0.310 e. The quantitative estimate of drug-likeness (QED) is 0.806. The van der Waals surface area contributed by atoms with Gasteiger partial charge in [-0.15, -0.1) is 11.3 Å². The molecule has 1 aliphatic rings. The van der Waals surface area contributed by atoms with E-state index in [4.69, 9.17) is 0 Å². The van der Waals surface area contributed by atoms with Crippen molar-refractivity contribution in [3.05, 3.63) is 17.0 Å². The van der Waals surface area contributed by atoms with E-state index in [1.807, 2.05) is 6.07 Å². The highest BCUT2D eigenvalue weighted by Crippen LogP contribution is 2.29. The highest BCUT2D eigenvalue weighted by atomic mass is 32.2. The van der Waals surface area contributed by atoms with Gasteiger partial charge in [0.15, 0.2) is 0 Å². The molecule has 6 heteroatoms. The molecular formula is C12H20N2O2S2. The van der Waals surface area contributed by atoms with Gasteiger partial charge in [0.2, 0.25) is 10.0 Å². The van der Waals surface area contributed by atoms with Gasteiger partial charge in [-0.25, -0.2) is 13.1 Å². The molecule has 0 spiro atoms. The van der Waals surface area contributed by atoms with Gasteiger partial charge in [-0.3, -0.25) is 0 Å². The van der Waals surface area contributed by atoms with Gasteiger partial charge in [0.25, 0.3) is 0 Å². The summed E-state index contributed by atoms with van der Waals surface area (Å²) in [6.45, 7) is 5.45. The predicted octanol–water partition coefficient (Wildman–Crippen LogP) is 1.93. The summed E-state index contributed by atoms with van der Waals surface area (Å²) in [6.07, 6.45) is 2.30. The van der Waals surface area contributed by atoms with Crippen LogP contribution in [0.3, 0.4) is 0 Å². The minimum atomic E-state index is -3.29. The molecule has 0 aliphatic heterocycles. The van der Waals surface area contributed by atoms with E-state index in [2.05, 4.69) is 23.9 Å². The van der Waals surface area contributed by atoms with E-state index in [1.165, 1.54) is 11.3 Å². The molecule has 0 aromatic carbocycles. The molecule has 1 fully saturated rings. The molecule has 1 aromatic heterocycles. The van der Waals surface area contributed by atoms with Gasteiger partial charge in [-0.2, -0.15) is 0 Å². The van der Waals surface area contributed by atoms with Crippen LogP contribution < -0.4 is 10.0 Å². The van der Waals surface area contributed by atoms with Gasteiger partial charge >= 0.3 is 0 Å². The molecule has 2 rings (SSSR count). The summed E-state index contributed by atoms with van der Waals surface area (Å²) in [4.78, 5) is 1.05. The summed E-state index contributed by atoms with van der Waals surface area (Å²) >= 11 is 1.34. The SMILES string of the molecule is CC(C)NCc1ccc(S(=O)(=O)NCC2CC2)s1. The molecule has 4 nitrogen and oxygen atoms in total. The van der Waals surface area contributed by atoms with Crippen molar-refractivity contribution in [2.45, 2.75) is 43.5 Å². The summed E-state index contributed by atoms with van der Waals surface area (Å²) in [5, 5.41) is 3.28. The fourth-order valence-corrected chi connectivity index (χ4v) is 3.99. The van der Waals surface area contributed by atoms with Crippen LogP contribution in [0.1, 0.15) is 31.6 Å². The lowest BCUT2D eigenvalue weighted by Gasteiger charge is -2.05. The van der Waals surface area contributed by atoms with E-state index in [0.717, 1.165) is 24.3 Å². The van der Waals surface area contributed by atoms with Crippen LogP contribution in [-0.4, -0.2) is 21.0 Å². The van der Waals surface area contributed by atoms with Gasteiger partial charge < -0.3 is 5.32 Å². The second-order valence-corrected chi connectivity index (χ2v) is 8.21. The highest BCUT2D eigenvalue weighted by molar-refractivity contribution is 7.91. The Kier molecular flexibility index (Phi) is 4.42. The van der Waals surface area contributed by atoms with Crippen molar-refractivity contribution in [1.29, 1.82) is 0 Å². The Morgan fingerprint density at radius 1 is 1.39 bits per heavy atom. The fraction of sp³-hybridized carbons (Fsp3) is 0.667. The number of thiophene rings is 1. The molecule has 1 heterocycles. The molecule has 0 bridgehead atoms. The predicted molar refractivity (Wildman–Crippen MR) is 74.2 cm³/mol. The average Bonchev–Trinajstić information content (AvgIpc) is 3.00. The second-order valence-electron chi connectivity index (χ2n) is 5.05. The molecule has 1 saturated carbocycles. The maximum absolute atomic E-state index is 12.0. The van der Waals surface area contributed by atoms with Crippen LogP contribution in [0, 0.1) is 5.92 Å². The first-order chi connectivity index (χ1) is 8.47. The van der Waals surface area contributed by atoms with Crippen molar-refractivity contribution in [2.24, 2.45) is 5.92 Å². The van der Waals surface area contributed by atoms with Crippen molar-refractivity contribution < 1.29 is 8.42 Å². The van der Waals surface area contributed by atoms with Crippen molar-refractivity contribution in [3.63, 3.8) is 0 Å². The molecule has 0 atom stereocenters. The minimum Gasteiger partial charge on any atom is -0.310 e. The van der Waals surface area contributed by atoms with E-state index in [1.54, 1.807) is 6.07 Å². The lowest BCUT2D eigenvalue weighted by atomic mass is 10.4. The molecule has 1 aliphatic carbocycles. The number of sulfonamides is 1. The Hall–Kier alpha value is -0.430. The molecule has 18 heavy (non-hydrogen) atoms. The second kappa shape index (κ2) is 5.69. The average molecular weight is 288 g/mol. The standard InChI is InChI=1S/C12H20N2O2S2/c1-9(2)13-8-11-5-6-12(17-11)18(15,16)14-7-10-3-4-10/h5-6,9-10,13-14H,3-4,7-8H2,1-2H3. The van der Waals surface area contributed by atoms with Gasteiger partial charge in [-0.1, -0.05) is 13.8 Å². The maximum atomic E-state index is 12.0. The summed E-state index contributed by atoms with van der Waals surface area (Å²) < 4.78 is 27.1. The number of nitrogens with one attached hydrogen (secondary N) is 2. The number of rotatable bonds is 7. The monoisotopic (exact) mass is 288 g/mol. The highest BCUT2D eigenvalue weighted by Gasteiger charge is 2.24. The molecular weight excluding hydrogens is 268 g/mol. The van der Waals surface area contributed by atoms with E-state index in [-0.39, 0.29) is 0 Å². The van der Waals surface area contributed by atoms with E-state index in [0.29, 0.717) is 22.7 Å². The zero-order valence-corrected chi connectivity index (χ0v) is 12.4. The van der Waals surface area contributed by atoms with Crippen LogP contribution >= 0.6 is 11.3 Å². The summed E-state index contributed by atoms with van der Waals surface area (Å²) in [5.41, 5.74) is 0. The zero-order valence-electron chi connectivity index (χ0n) is 10.8. The maximum Gasteiger partial charge on any atom is 0.250 e. The first-order valence-electron chi connectivity index (χ1n) is 6.29. The lowest BCUT2D eigenvalue weighted by molar-refractivity contribution is 0.579. The molecule has 0 radical (unpaired) electrons. The first-order valence-corrected chi connectivity index (χ1v) is 8.59. The Morgan fingerprint density at radius 2 is 2.11 bits per heavy atom. The fourth-order valence-electron chi connectivity index (χ4n) is 1.52. The molecule has 102 valence electrons. The summed E-state index contributed by atoms with van der Waals surface area (Å²) in [5.74, 6) is 0.557. The third-order valence-electron chi connectivity index (χ3n) is 2.85.